The van der Waals surface area contributed by atoms with Crippen molar-refractivity contribution in [1.82, 2.24) is 4.57 Å². The molecule has 0 atom stereocenters. The summed E-state index contributed by atoms with van der Waals surface area (Å²) in [5, 5.41) is 1.30. The second kappa shape index (κ2) is 5.05. The van der Waals surface area contributed by atoms with Gasteiger partial charge >= 0.3 is 0 Å². The molecule has 0 amide bonds. The van der Waals surface area contributed by atoms with E-state index in [2.05, 4.69) is 97.8 Å². The summed E-state index contributed by atoms with van der Waals surface area (Å²) in [5.41, 5.74) is 2.60. The van der Waals surface area contributed by atoms with E-state index in [4.69, 9.17) is 0 Å². The van der Waals surface area contributed by atoms with Gasteiger partial charge in [0.2, 0.25) is 0 Å². The summed E-state index contributed by atoms with van der Waals surface area (Å²) in [4.78, 5) is 0. The highest BCUT2D eigenvalue weighted by Gasteiger charge is 2.09. The third kappa shape index (κ3) is 2.21. The molecule has 3 aromatic rings. The average Bonchev–Trinajstić information content (AvgIpc) is 2.69. The zero-order valence-corrected chi connectivity index (χ0v) is 13.3. The number of rotatable bonds is 2. The van der Waals surface area contributed by atoms with Crippen molar-refractivity contribution in [2.24, 2.45) is 0 Å². The summed E-state index contributed by atoms with van der Waals surface area (Å²) in [5.74, 6) is 0. The first-order chi connectivity index (χ1) is 8.75. The number of nitrogens with zero attached hydrogens (tertiary/aromatic N) is 1. The van der Waals surface area contributed by atoms with Crippen LogP contribution in [-0.4, -0.2) is 4.57 Å². The van der Waals surface area contributed by atoms with E-state index in [-0.39, 0.29) is 0 Å². The average molecular weight is 412 g/mol. The number of hydrogen-bond donors (Lipinski definition) is 0. The largest absolute Gasteiger partial charge is 0.342 e. The van der Waals surface area contributed by atoms with E-state index in [1.165, 1.54) is 20.0 Å². The van der Waals surface area contributed by atoms with Gasteiger partial charge in [-0.05, 0) is 40.3 Å². The van der Waals surface area contributed by atoms with Crippen LogP contribution in [0.5, 0.6) is 0 Å². The van der Waals surface area contributed by atoms with Gasteiger partial charge in [-0.15, -0.1) is 0 Å². The van der Waals surface area contributed by atoms with Gasteiger partial charge in [0.1, 0.15) is 0 Å². The van der Waals surface area contributed by atoms with Gasteiger partial charge < -0.3 is 4.57 Å². The molecule has 0 unspecified atom stereocenters. The first-order valence-electron chi connectivity index (χ1n) is 5.72. The predicted molar refractivity (Wildman–Crippen MR) is 87.9 cm³/mol. The molecule has 0 bridgehead atoms. The van der Waals surface area contributed by atoms with E-state index >= 15 is 0 Å². The van der Waals surface area contributed by atoms with E-state index in [0.29, 0.717) is 0 Å². The first kappa shape index (κ1) is 12.2. The second-order valence-electron chi connectivity index (χ2n) is 4.22. The number of halogens is 2. The number of hydrogen-bond acceptors (Lipinski definition) is 0. The van der Waals surface area contributed by atoms with E-state index in [1.807, 2.05) is 0 Å². The van der Waals surface area contributed by atoms with Gasteiger partial charge in [-0.25, -0.2) is 0 Å². The molecule has 0 aliphatic heterocycles. The van der Waals surface area contributed by atoms with Gasteiger partial charge in [0, 0.05) is 26.2 Å². The van der Waals surface area contributed by atoms with Gasteiger partial charge in [0.15, 0.2) is 0 Å². The van der Waals surface area contributed by atoms with E-state index in [1.54, 1.807) is 0 Å². The molecule has 1 heterocycles. The van der Waals surface area contributed by atoms with Crippen LogP contribution < -0.4 is 0 Å². The molecule has 0 saturated heterocycles. The third-order valence-corrected chi connectivity index (χ3v) is 4.48. The Hall–Kier alpha value is -0.810. The van der Waals surface area contributed by atoms with Crippen LogP contribution >= 0.6 is 38.5 Å². The summed E-state index contributed by atoms with van der Waals surface area (Å²) < 4.78 is 4.75. The third-order valence-electron chi connectivity index (χ3n) is 3.00. The Bertz CT molecular complexity index is 688. The Kier molecular flexibility index (Phi) is 3.43. The fourth-order valence-electron chi connectivity index (χ4n) is 2.17. The quantitative estimate of drug-likeness (QED) is 0.519. The number of aromatic nitrogens is 1. The van der Waals surface area contributed by atoms with Crippen LogP contribution in [-0.2, 0) is 6.54 Å². The van der Waals surface area contributed by atoms with Crippen molar-refractivity contribution >= 4 is 49.4 Å². The topological polar surface area (TPSA) is 4.93 Å². The molecule has 0 fully saturated rings. The standard InChI is InChI=1S/C15H11BrIN/c16-12-7-4-8-14-15(12)13(17)10-18(14)9-11-5-2-1-3-6-11/h1-8,10H,9H2. The second-order valence-corrected chi connectivity index (χ2v) is 6.24. The van der Waals surface area contributed by atoms with Gasteiger partial charge in [0.25, 0.3) is 0 Å². The van der Waals surface area contributed by atoms with Gasteiger partial charge in [0.05, 0.1) is 5.52 Å². The molecule has 0 N–H and O–H groups in total. The minimum atomic E-state index is 0.913. The lowest BCUT2D eigenvalue weighted by Gasteiger charge is -2.05. The fraction of sp³-hybridized carbons (Fsp3) is 0.0667. The van der Waals surface area contributed by atoms with Crippen LogP contribution in [0, 0.1) is 3.57 Å². The highest BCUT2D eigenvalue weighted by Crippen LogP contribution is 2.30. The zero-order valence-electron chi connectivity index (χ0n) is 9.61. The van der Waals surface area contributed by atoms with Crippen LogP contribution in [0.3, 0.4) is 0 Å². The molecule has 3 rings (SSSR count). The van der Waals surface area contributed by atoms with Crippen molar-refractivity contribution in [3.05, 3.63) is 68.3 Å². The Morgan fingerprint density at radius 2 is 1.78 bits per heavy atom. The van der Waals surface area contributed by atoms with E-state index in [0.717, 1.165) is 11.0 Å². The summed E-state index contributed by atoms with van der Waals surface area (Å²) in [6.45, 7) is 0.913. The summed E-state index contributed by atoms with van der Waals surface area (Å²) in [7, 11) is 0. The van der Waals surface area contributed by atoms with Crippen molar-refractivity contribution in [1.29, 1.82) is 0 Å². The molecule has 0 saturated carbocycles. The Labute approximate surface area is 128 Å². The molecular weight excluding hydrogens is 401 g/mol. The van der Waals surface area contributed by atoms with Crippen molar-refractivity contribution in [3.8, 4) is 0 Å². The monoisotopic (exact) mass is 411 g/mol. The molecule has 18 heavy (non-hydrogen) atoms. The minimum Gasteiger partial charge on any atom is -0.342 e. The smallest absolute Gasteiger partial charge is 0.0505 e. The molecule has 0 aliphatic rings. The predicted octanol–water partition coefficient (Wildman–Crippen LogP) is 5.06. The highest BCUT2D eigenvalue weighted by molar-refractivity contribution is 14.1. The van der Waals surface area contributed by atoms with Crippen molar-refractivity contribution in [2.75, 3.05) is 0 Å². The molecule has 0 spiro atoms. The fourth-order valence-corrected chi connectivity index (χ4v) is 4.01. The SMILES string of the molecule is Brc1cccc2c1c(I)cn2Cc1ccccc1. The first-order valence-corrected chi connectivity index (χ1v) is 7.59. The molecule has 0 radical (unpaired) electrons. The maximum Gasteiger partial charge on any atom is 0.0505 e. The highest BCUT2D eigenvalue weighted by atomic mass is 127. The van der Waals surface area contributed by atoms with Crippen molar-refractivity contribution in [3.63, 3.8) is 0 Å². The maximum atomic E-state index is 3.63. The normalized spacial score (nSPS) is 11.0. The van der Waals surface area contributed by atoms with E-state index < -0.39 is 0 Å². The summed E-state index contributed by atoms with van der Waals surface area (Å²) >= 11 is 6.02. The van der Waals surface area contributed by atoms with Gasteiger partial charge in [-0.2, -0.15) is 0 Å². The molecule has 2 aromatic carbocycles. The van der Waals surface area contributed by atoms with Crippen LogP contribution in [0.2, 0.25) is 0 Å². The molecule has 0 aliphatic carbocycles. The lowest BCUT2D eigenvalue weighted by atomic mass is 10.2. The lowest BCUT2D eigenvalue weighted by Crippen LogP contribution is -1.97. The minimum absolute atomic E-state index is 0.913. The number of benzene rings is 2. The summed E-state index contributed by atoms with van der Waals surface area (Å²) in [6, 6.07) is 16.9. The molecule has 1 nitrogen and oxygen atoms in total. The molecule has 90 valence electrons. The van der Waals surface area contributed by atoms with Crippen LogP contribution in [0.25, 0.3) is 10.9 Å². The maximum absolute atomic E-state index is 3.63. The van der Waals surface area contributed by atoms with Crippen LogP contribution in [0.4, 0.5) is 0 Å². The molecule has 3 heteroatoms. The Morgan fingerprint density at radius 1 is 1.00 bits per heavy atom. The molecular formula is C15H11BrIN. The number of fused-ring (bicyclic) bond motifs is 1. The molecule has 1 aromatic heterocycles. The van der Waals surface area contributed by atoms with Gasteiger partial charge in [-0.3, -0.25) is 0 Å². The Morgan fingerprint density at radius 3 is 2.56 bits per heavy atom. The van der Waals surface area contributed by atoms with Crippen molar-refractivity contribution in [2.45, 2.75) is 6.54 Å². The van der Waals surface area contributed by atoms with Gasteiger partial charge in [-0.1, -0.05) is 52.3 Å². The zero-order chi connectivity index (χ0) is 12.5. The van der Waals surface area contributed by atoms with Crippen molar-refractivity contribution < 1.29 is 0 Å². The van der Waals surface area contributed by atoms with Crippen LogP contribution in [0.1, 0.15) is 5.56 Å². The lowest BCUT2D eigenvalue weighted by molar-refractivity contribution is 0.835. The Balaban J connectivity index is 2.11. The van der Waals surface area contributed by atoms with E-state index in [9.17, 15) is 0 Å². The van der Waals surface area contributed by atoms with Crippen LogP contribution in [0.15, 0.2) is 59.2 Å². The summed E-state index contributed by atoms with van der Waals surface area (Å²) in [6.07, 6.45) is 2.21.